The van der Waals surface area contributed by atoms with Gasteiger partial charge in [0.15, 0.2) is 5.76 Å². The maximum Gasteiger partial charge on any atom is 0.437 e. The summed E-state index contributed by atoms with van der Waals surface area (Å²) in [5.74, 6) is 0.792. The fourth-order valence-electron chi connectivity index (χ4n) is 2.21. The Bertz CT molecular complexity index is 1000. The largest absolute Gasteiger partial charge is 0.486 e. The van der Waals surface area contributed by atoms with Crippen molar-refractivity contribution in [1.82, 2.24) is 14.8 Å². The average Bonchev–Trinajstić information content (AvgIpc) is 3.37. The molecule has 8 heteroatoms. The van der Waals surface area contributed by atoms with E-state index in [9.17, 15) is 4.79 Å². The molecule has 4 aromatic rings. The zero-order valence-electron chi connectivity index (χ0n) is 13.0. The molecule has 7 nitrogen and oxygen atoms in total. The SMILES string of the molecule is O=c1oc(-c2ccco2)nn1Cc1csc(COc2ccccc2)n1. The van der Waals surface area contributed by atoms with Gasteiger partial charge >= 0.3 is 5.76 Å². The number of rotatable bonds is 6. The van der Waals surface area contributed by atoms with E-state index in [0.29, 0.717) is 12.4 Å². The van der Waals surface area contributed by atoms with Crippen molar-refractivity contribution in [1.29, 1.82) is 0 Å². The van der Waals surface area contributed by atoms with Crippen LogP contribution >= 0.6 is 11.3 Å². The molecule has 3 aromatic heterocycles. The van der Waals surface area contributed by atoms with Crippen molar-refractivity contribution in [3.63, 3.8) is 0 Å². The molecule has 0 amide bonds. The lowest BCUT2D eigenvalue weighted by molar-refractivity contribution is 0.305. The van der Waals surface area contributed by atoms with E-state index < -0.39 is 5.76 Å². The van der Waals surface area contributed by atoms with E-state index in [1.807, 2.05) is 35.7 Å². The van der Waals surface area contributed by atoms with Crippen LogP contribution in [0.2, 0.25) is 0 Å². The van der Waals surface area contributed by atoms with E-state index in [1.165, 1.54) is 22.3 Å². The number of benzene rings is 1. The zero-order valence-corrected chi connectivity index (χ0v) is 13.8. The summed E-state index contributed by atoms with van der Waals surface area (Å²) in [5.41, 5.74) is 0.720. The quantitative estimate of drug-likeness (QED) is 0.528. The van der Waals surface area contributed by atoms with Crippen LogP contribution in [0.25, 0.3) is 11.7 Å². The number of hydrogen-bond acceptors (Lipinski definition) is 7. The second kappa shape index (κ2) is 6.78. The van der Waals surface area contributed by atoms with Gasteiger partial charge in [-0.15, -0.1) is 16.4 Å². The molecule has 4 rings (SSSR count). The van der Waals surface area contributed by atoms with Crippen LogP contribution in [0, 0.1) is 0 Å². The molecule has 0 aliphatic rings. The smallest absolute Gasteiger partial charge is 0.437 e. The van der Waals surface area contributed by atoms with Crippen molar-refractivity contribution < 1.29 is 13.6 Å². The van der Waals surface area contributed by atoms with Crippen LogP contribution in [0.15, 0.2) is 67.7 Å². The van der Waals surface area contributed by atoms with Crippen LogP contribution in [-0.2, 0) is 13.2 Å². The Kier molecular flexibility index (Phi) is 4.17. The molecule has 1 aromatic carbocycles. The van der Waals surface area contributed by atoms with Crippen molar-refractivity contribution in [2.24, 2.45) is 0 Å². The first kappa shape index (κ1) is 15.4. The Hall–Kier alpha value is -3.13. The van der Waals surface area contributed by atoms with Crippen LogP contribution in [0.1, 0.15) is 10.7 Å². The third-order valence-corrected chi connectivity index (χ3v) is 4.23. The summed E-state index contributed by atoms with van der Waals surface area (Å²) < 4.78 is 17.2. The maximum atomic E-state index is 11.9. The number of ether oxygens (including phenoxy) is 1. The van der Waals surface area contributed by atoms with Gasteiger partial charge in [0.1, 0.15) is 17.4 Å². The van der Waals surface area contributed by atoms with Gasteiger partial charge in [-0.05, 0) is 24.3 Å². The number of thiazole rings is 1. The minimum absolute atomic E-state index is 0.151. The van der Waals surface area contributed by atoms with Gasteiger partial charge < -0.3 is 13.6 Å². The molecule has 0 aliphatic heterocycles. The fourth-order valence-corrected chi connectivity index (χ4v) is 2.91. The van der Waals surface area contributed by atoms with Crippen LogP contribution in [0.3, 0.4) is 0 Å². The lowest BCUT2D eigenvalue weighted by atomic mass is 10.3. The predicted molar refractivity (Wildman–Crippen MR) is 90.5 cm³/mol. The van der Waals surface area contributed by atoms with Gasteiger partial charge in [0, 0.05) is 5.38 Å². The molecule has 0 saturated carbocycles. The molecule has 3 heterocycles. The summed E-state index contributed by atoms with van der Waals surface area (Å²) >= 11 is 1.47. The Morgan fingerprint density at radius 1 is 1.16 bits per heavy atom. The van der Waals surface area contributed by atoms with Crippen molar-refractivity contribution in [2.45, 2.75) is 13.2 Å². The Labute approximate surface area is 146 Å². The van der Waals surface area contributed by atoms with Gasteiger partial charge in [-0.25, -0.2) is 9.78 Å². The van der Waals surface area contributed by atoms with E-state index in [4.69, 9.17) is 13.6 Å². The normalized spacial score (nSPS) is 10.9. The molecule has 0 saturated heterocycles. The van der Waals surface area contributed by atoms with Crippen molar-refractivity contribution >= 4 is 11.3 Å². The number of furan rings is 1. The molecule has 126 valence electrons. The Morgan fingerprint density at radius 2 is 2.04 bits per heavy atom. The standard InChI is InChI=1S/C17H13N3O4S/c21-17-20(19-16(24-17)14-7-4-8-22-14)9-12-11-25-15(18-12)10-23-13-5-2-1-3-6-13/h1-8,11H,9-10H2. The van der Waals surface area contributed by atoms with Gasteiger partial charge in [-0.1, -0.05) is 18.2 Å². The van der Waals surface area contributed by atoms with E-state index in [-0.39, 0.29) is 12.4 Å². The first-order valence-electron chi connectivity index (χ1n) is 7.51. The van der Waals surface area contributed by atoms with E-state index in [0.717, 1.165) is 16.5 Å². The number of hydrogen-bond donors (Lipinski definition) is 0. The minimum Gasteiger partial charge on any atom is -0.486 e. The number of aromatic nitrogens is 3. The monoisotopic (exact) mass is 355 g/mol. The van der Waals surface area contributed by atoms with Crippen LogP contribution in [-0.4, -0.2) is 14.8 Å². The van der Waals surface area contributed by atoms with Gasteiger partial charge in [0.05, 0.1) is 18.5 Å². The molecular formula is C17H13N3O4S. The lowest BCUT2D eigenvalue weighted by Crippen LogP contribution is -2.16. The maximum absolute atomic E-state index is 11.9. The summed E-state index contributed by atoms with van der Waals surface area (Å²) in [6, 6.07) is 12.9. The third kappa shape index (κ3) is 3.53. The van der Waals surface area contributed by atoms with Gasteiger partial charge in [0.25, 0.3) is 5.89 Å². The average molecular weight is 355 g/mol. The molecular weight excluding hydrogens is 342 g/mol. The minimum atomic E-state index is -0.554. The first-order valence-corrected chi connectivity index (χ1v) is 8.39. The molecule has 0 spiro atoms. The molecule has 0 radical (unpaired) electrons. The molecule has 0 bridgehead atoms. The van der Waals surface area contributed by atoms with Crippen LogP contribution in [0.4, 0.5) is 0 Å². The molecule has 0 aliphatic carbocycles. The van der Waals surface area contributed by atoms with E-state index in [2.05, 4.69) is 10.1 Å². The van der Waals surface area contributed by atoms with Crippen molar-refractivity contribution in [2.75, 3.05) is 0 Å². The summed E-state index contributed by atoms with van der Waals surface area (Å²) in [5, 5.41) is 6.82. The van der Waals surface area contributed by atoms with Crippen molar-refractivity contribution in [3.8, 4) is 17.4 Å². The highest BCUT2D eigenvalue weighted by atomic mass is 32.1. The van der Waals surface area contributed by atoms with Crippen LogP contribution in [0.5, 0.6) is 5.75 Å². The molecule has 25 heavy (non-hydrogen) atoms. The van der Waals surface area contributed by atoms with E-state index >= 15 is 0 Å². The summed E-state index contributed by atoms with van der Waals surface area (Å²) in [6.45, 7) is 0.602. The lowest BCUT2D eigenvalue weighted by Gasteiger charge is -2.02. The highest BCUT2D eigenvalue weighted by molar-refractivity contribution is 7.09. The van der Waals surface area contributed by atoms with Crippen LogP contribution < -0.4 is 10.5 Å². The first-order chi connectivity index (χ1) is 12.3. The molecule has 0 unspecified atom stereocenters. The highest BCUT2D eigenvalue weighted by Crippen LogP contribution is 2.17. The summed E-state index contributed by atoms with van der Waals surface area (Å²) in [7, 11) is 0. The number of para-hydroxylation sites is 1. The fraction of sp³-hybridized carbons (Fsp3) is 0.118. The summed E-state index contributed by atoms with van der Waals surface area (Å²) in [6.07, 6.45) is 1.49. The second-order valence-corrected chi connectivity index (χ2v) is 6.09. The van der Waals surface area contributed by atoms with Gasteiger partial charge in [-0.2, -0.15) is 4.68 Å². The Morgan fingerprint density at radius 3 is 2.84 bits per heavy atom. The molecule has 0 N–H and O–H groups in total. The summed E-state index contributed by atoms with van der Waals surface area (Å²) in [4.78, 5) is 16.4. The van der Waals surface area contributed by atoms with Gasteiger partial charge in [0.2, 0.25) is 0 Å². The predicted octanol–water partition coefficient (Wildman–Crippen LogP) is 3.18. The number of nitrogens with zero attached hydrogens (tertiary/aromatic N) is 3. The highest BCUT2D eigenvalue weighted by Gasteiger charge is 2.14. The zero-order chi connectivity index (χ0) is 17.1. The topological polar surface area (TPSA) is 83.3 Å². The van der Waals surface area contributed by atoms with E-state index in [1.54, 1.807) is 12.1 Å². The van der Waals surface area contributed by atoms with Gasteiger partial charge in [-0.3, -0.25) is 0 Å². The second-order valence-electron chi connectivity index (χ2n) is 5.14. The Balaban J connectivity index is 1.44. The van der Waals surface area contributed by atoms with Crippen molar-refractivity contribution in [3.05, 3.63) is 75.4 Å². The molecule has 0 fully saturated rings. The third-order valence-electron chi connectivity index (χ3n) is 3.35. The molecule has 0 atom stereocenters.